The van der Waals surface area contributed by atoms with Gasteiger partial charge in [-0.25, -0.2) is 15.0 Å². The summed E-state index contributed by atoms with van der Waals surface area (Å²) in [7, 11) is 3.26. The molecule has 0 radical (unpaired) electrons. The van der Waals surface area contributed by atoms with Crippen LogP contribution in [-0.4, -0.2) is 60.7 Å². The molecule has 31 heavy (non-hydrogen) atoms. The number of fused-ring (bicyclic) bond motifs is 5. The lowest BCUT2D eigenvalue weighted by molar-refractivity contribution is -0.0914. The second kappa shape index (κ2) is 8.12. The van der Waals surface area contributed by atoms with Crippen LogP contribution >= 0.6 is 11.3 Å². The predicted molar refractivity (Wildman–Crippen MR) is 123 cm³/mol. The van der Waals surface area contributed by atoms with Crippen LogP contribution in [0.5, 0.6) is 0 Å². The van der Waals surface area contributed by atoms with Crippen LogP contribution in [0.2, 0.25) is 0 Å². The van der Waals surface area contributed by atoms with Crippen molar-refractivity contribution in [3.8, 4) is 0 Å². The highest BCUT2D eigenvalue weighted by atomic mass is 32.1. The van der Waals surface area contributed by atoms with E-state index in [1.807, 2.05) is 0 Å². The molecule has 0 atom stereocenters. The molecule has 5 heterocycles. The Morgan fingerprint density at radius 3 is 2.71 bits per heavy atom. The van der Waals surface area contributed by atoms with Gasteiger partial charge in [-0.3, -0.25) is 0 Å². The topological polar surface area (TPSA) is 81.6 Å². The minimum absolute atomic E-state index is 0.212. The maximum atomic E-state index is 6.21. The van der Waals surface area contributed by atoms with E-state index in [-0.39, 0.29) is 11.9 Å². The van der Waals surface area contributed by atoms with Crippen molar-refractivity contribution in [3.05, 3.63) is 17.5 Å². The number of nitrogens with zero attached hydrogens (tertiary/aromatic N) is 4. The van der Waals surface area contributed by atoms with Crippen molar-refractivity contribution >= 4 is 43.4 Å². The Hall–Kier alpha value is -2.07. The van der Waals surface area contributed by atoms with Crippen molar-refractivity contribution in [2.24, 2.45) is 0 Å². The first-order valence-electron chi connectivity index (χ1n) is 10.8. The largest absolute Gasteiger partial charge is 0.370 e. The van der Waals surface area contributed by atoms with E-state index >= 15 is 0 Å². The molecule has 0 bridgehead atoms. The SMILES string of the molecule is COC(CNc1ncnc2c1sc1nc(N3CCCC3)c3c(c12)CC(C)(C)OC3)OC. The lowest BCUT2D eigenvalue weighted by Crippen LogP contribution is -2.33. The fourth-order valence-electron chi connectivity index (χ4n) is 4.55. The van der Waals surface area contributed by atoms with Gasteiger partial charge in [0, 0.05) is 44.7 Å². The number of hydrogen-bond donors (Lipinski definition) is 1. The first-order chi connectivity index (χ1) is 15.0. The molecular formula is C22H29N5O3S. The maximum absolute atomic E-state index is 6.21. The van der Waals surface area contributed by atoms with E-state index in [1.165, 1.54) is 24.0 Å². The summed E-state index contributed by atoms with van der Waals surface area (Å²) in [5, 5.41) is 4.51. The van der Waals surface area contributed by atoms with Gasteiger partial charge in [0.1, 0.15) is 22.8 Å². The van der Waals surface area contributed by atoms with E-state index in [9.17, 15) is 0 Å². The summed E-state index contributed by atoms with van der Waals surface area (Å²) in [6, 6.07) is 0. The Kier molecular flexibility index (Phi) is 5.45. The fraction of sp³-hybridized carbons (Fsp3) is 0.591. The first kappa shape index (κ1) is 20.8. The molecule has 1 fully saturated rings. The number of methoxy groups -OCH3 is 2. The van der Waals surface area contributed by atoms with Crippen LogP contribution in [0, 0.1) is 0 Å². The maximum Gasteiger partial charge on any atom is 0.173 e. The fourth-order valence-corrected chi connectivity index (χ4v) is 5.67. The lowest BCUT2D eigenvalue weighted by Gasteiger charge is -2.34. The summed E-state index contributed by atoms with van der Waals surface area (Å²) in [6.45, 7) is 7.52. The molecule has 3 aromatic heterocycles. The van der Waals surface area contributed by atoms with Gasteiger partial charge in [0.15, 0.2) is 6.29 Å². The predicted octanol–water partition coefficient (Wildman–Crippen LogP) is 3.72. The minimum atomic E-state index is -0.343. The molecule has 0 saturated carbocycles. The van der Waals surface area contributed by atoms with Gasteiger partial charge in [-0.1, -0.05) is 0 Å². The highest BCUT2D eigenvalue weighted by Gasteiger charge is 2.33. The molecule has 8 nitrogen and oxygen atoms in total. The number of aromatic nitrogens is 3. The van der Waals surface area contributed by atoms with Crippen molar-refractivity contribution in [1.29, 1.82) is 0 Å². The lowest BCUT2D eigenvalue weighted by atomic mass is 9.90. The Morgan fingerprint density at radius 2 is 1.97 bits per heavy atom. The second-order valence-electron chi connectivity index (χ2n) is 8.78. The van der Waals surface area contributed by atoms with E-state index in [4.69, 9.17) is 19.2 Å². The van der Waals surface area contributed by atoms with Crippen LogP contribution in [0.4, 0.5) is 11.6 Å². The van der Waals surface area contributed by atoms with Gasteiger partial charge in [0.25, 0.3) is 0 Å². The molecule has 0 aromatic carbocycles. The Balaban J connectivity index is 1.67. The molecule has 2 aliphatic heterocycles. The number of pyridine rings is 1. The number of anilines is 2. The molecule has 1 N–H and O–H groups in total. The van der Waals surface area contributed by atoms with Crippen LogP contribution in [0.3, 0.4) is 0 Å². The molecular weight excluding hydrogens is 414 g/mol. The summed E-state index contributed by atoms with van der Waals surface area (Å²) in [4.78, 5) is 17.8. The molecule has 2 aliphatic rings. The third kappa shape index (κ3) is 3.73. The van der Waals surface area contributed by atoms with Crippen LogP contribution < -0.4 is 10.2 Å². The zero-order valence-electron chi connectivity index (χ0n) is 18.5. The van der Waals surface area contributed by atoms with E-state index < -0.39 is 0 Å². The monoisotopic (exact) mass is 443 g/mol. The zero-order chi connectivity index (χ0) is 21.6. The van der Waals surface area contributed by atoms with Crippen molar-refractivity contribution in [2.75, 3.05) is 44.1 Å². The van der Waals surface area contributed by atoms with Crippen molar-refractivity contribution < 1.29 is 14.2 Å². The summed E-state index contributed by atoms with van der Waals surface area (Å²) < 4.78 is 17.8. The molecule has 166 valence electrons. The molecule has 0 unspecified atom stereocenters. The third-order valence-electron chi connectivity index (χ3n) is 6.17. The van der Waals surface area contributed by atoms with Crippen molar-refractivity contribution in [3.63, 3.8) is 0 Å². The standard InChI is InChI=1S/C22H29N5O3S/c1-22(2)9-13-14(11-30-22)20(27-7-5-6-8-27)26-21-16(13)17-18(31-21)19(25-12-24-17)23-10-15(28-3)29-4/h12,15H,5-11H2,1-4H3,(H,23,24,25). The van der Waals surface area contributed by atoms with E-state index in [1.54, 1.807) is 31.9 Å². The zero-order valence-corrected chi connectivity index (χ0v) is 19.3. The molecule has 0 aliphatic carbocycles. The van der Waals surface area contributed by atoms with E-state index in [0.717, 1.165) is 51.6 Å². The van der Waals surface area contributed by atoms with Crippen molar-refractivity contribution in [1.82, 2.24) is 15.0 Å². The van der Waals surface area contributed by atoms with Crippen LogP contribution in [0.1, 0.15) is 37.8 Å². The average Bonchev–Trinajstić information content (AvgIpc) is 3.41. The number of hydrogen-bond acceptors (Lipinski definition) is 9. The summed E-state index contributed by atoms with van der Waals surface area (Å²) >= 11 is 1.65. The molecule has 5 rings (SSSR count). The number of nitrogens with one attached hydrogen (secondary N) is 1. The third-order valence-corrected chi connectivity index (χ3v) is 7.25. The number of ether oxygens (including phenoxy) is 3. The smallest absolute Gasteiger partial charge is 0.173 e. The summed E-state index contributed by atoms with van der Waals surface area (Å²) in [6.07, 6.45) is 4.55. The highest BCUT2D eigenvalue weighted by molar-refractivity contribution is 7.26. The molecule has 1 saturated heterocycles. The van der Waals surface area contributed by atoms with Crippen LogP contribution in [-0.2, 0) is 27.2 Å². The second-order valence-corrected chi connectivity index (χ2v) is 9.77. The number of rotatable bonds is 6. The first-order valence-corrected chi connectivity index (χ1v) is 11.6. The number of thiophene rings is 1. The van der Waals surface area contributed by atoms with Crippen LogP contribution in [0.15, 0.2) is 6.33 Å². The quantitative estimate of drug-likeness (QED) is 0.577. The van der Waals surface area contributed by atoms with Gasteiger partial charge in [0.2, 0.25) is 0 Å². The van der Waals surface area contributed by atoms with Gasteiger partial charge < -0.3 is 24.4 Å². The summed E-state index contributed by atoms with van der Waals surface area (Å²) in [5.74, 6) is 1.87. The van der Waals surface area contributed by atoms with E-state index in [2.05, 4.69) is 34.0 Å². The molecule has 3 aromatic rings. The van der Waals surface area contributed by atoms with Gasteiger partial charge in [-0.2, -0.15) is 0 Å². The molecule has 0 spiro atoms. The van der Waals surface area contributed by atoms with Gasteiger partial charge in [-0.15, -0.1) is 11.3 Å². The Morgan fingerprint density at radius 1 is 1.19 bits per heavy atom. The average molecular weight is 444 g/mol. The van der Waals surface area contributed by atoms with Gasteiger partial charge in [-0.05, 0) is 32.3 Å². The van der Waals surface area contributed by atoms with Crippen LogP contribution in [0.25, 0.3) is 20.4 Å². The minimum Gasteiger partial charge on any atom is -0.370 e. The van der Waals surface area contributed by atoms with Gasteiger partial charge in [0.05, 0.1) is 29.0 Å². The highest BCUT2D eigenvalue weighted by Crippen LogP contribution is 2.44. The molecule has 9 heteroatoms. The Bertz CT molecular complexity index is 1110. The van der Waals surface area contributed by atoms with Crippen molar-refractivity contribution in [2.45, 2.75) is 51.6 Å². The van der Waals surface area contributed by atoms with E-state index in [0.29, 0.717) is 13.2 Å². The van der Waals surface area contributed by atoms with Gasteiger partial charge >= 0.3 is 0 Å². The summed E-state index contributed by atoms with van der Waals surface area (Å²) in [5.41, 5.74) is 3.29. The Labute approximate surface area is 185 Å². The molecule has 0 amide bonds. The normalized spacial score (nSPS) is 18.3.